The Morgan fingerprint density at radius 3 is 2.17 bits per heavy atom. The second-order valence-corrected chi connectivity index (χ2v) is 9.68. The van der Waals surface area contributed by atoms with Gasteiger partial charge >= 0.3 is 0 Å². The molecule has 2 fully saturated rings. The molecule has 0 bridgehead atoms. The molecule has 0 radical (unpaired) electrons. The van der Waals surface area contributed by atoms with Crippen molar-refractivity contribution in [3.8, 4) is 0 Å². The van der Waals surface area contributed by atoms with Crippen LogP contribution in [-0.4, -0.2) is 44.2 Å². The summed E-state index contributed by atoms with van der Waals surface area (Å²) >= 11 is 0. The van der Waals surface area contributed by atoms with Gasteiger partial charge < -0.3 is 10.2 Å². The Labute approximate surface area is 176 Å². The predicted octanol–water partition coefficient (Wildman–Crippen LogP) is 2.99. The molecule has 0 aromatic heterocycles. The minimum absolute atomic E-state index is 0.0500. The molecule has 4 rings (SSSR count). The van der Waals surface area contributed by atoms with Crippen LogP contribution in [0.2, 0.25) is 0 Å². The standard InChI is InChI=1S/C22H25N3O4S/c26-21-4-3-15-25(21)20-11-9-19(10-12-20)23-22(27)18-7-5-17(6-8-18)16-30(28,29)24-13-1-2-14-24/h5-12H,1-4,13-16H2,(H,23,27). The smallest absolute Gasteiger partial charge is 0.255 e. The molecule has 2 heterocycles. The quantitative estimate of drug-likeness (QED) is 0.768. The summed E-state index contributed by atoms with van der Waals surface area (Å²) in [4.78, 5) is 26.1. The lowest BCUT2D eigenvalue weighted by atomic mass is 10.1. The fraction of sp³-hybridized carbons (Fsp3) is 0.364. The molecule has 0 spiro atoms. The second-order valence-electron chi connectivity index (χ2n) is 7.71. The van der Waals surface area contributed by atoms with E-state index in [4.69, 9.17) is 0 Å². The summed E-state index contributed by atoms with van der Waals surface area (Å²) in [5.41, 5.74) is 2.59. The molecule has 0 unspecified atom stereocenters. The van der Waals surface area contributed by atoms with E-state index < -0.39 is 10.0 Å². The number of carbonyl (C=O) groups is 2. The van der Waals surface area contributed by atoms with Gasteiger partial charge in [-0.25, -0.2) is 12.7 Å². The van der Waals surface area contributed by atoms with Crippen molar-refractivity contribution in [1.82, 2.24) is 4.31 Å². The number of carbonyl (C=O) groups excluding carboxylic acids is 2. The number of benzene rings is 2. The van der Waals surface area contributed by atoms with E-state index >= 15 is 0 Å². The van der Waals surface area contributed by atoms with Crippen LogP contribution in [0.25, 0.3) is 0 Å². The van der Waals surface area contributed by atoms with Crippen LogP contribution < -0.4 is 10.2 Å². The maximum atomic E-state index is 12.5. The Hall–Kier alpha value is -2.71. The van der Waals surface area contributed by atoms with Gasteiger partial charge in [0.2, 0.25) is 15.9 Å². The molecule has 30 heavy (non-hydrogen) atoms. The maximum absolute atomic E-state index is 12.5. The van der Waals surface area contributed by atoms with Gasteiger partial charge in [-0.15, -0.1) is 0 Å². The number of nitrogens with one attached hydrogen (secondary N) is 1. The van der Waals surface area contributed by atoms with Gasteiger partial charge in [-0.3, -0.25) is 9.59 Å². The predicted molar refractivity (Wildman–Crippen MR) is 116 cm³/mol. The van der Waals surface area contributed by atoms with Gasteiger partial charge in [0.1, 0.15) is 0 Å². The van der Waals surface area contributed by atoms with Crippen molar-refractivity contribution in [2.24, 2.45) is 0 Å². The third kappa shape index (κ3) is 4.55. The number of rotatable bonds is 6. The van der Waals surface area contributed by atoms with Crippen LogP contribution in [0.15, 0.2) is 48.5 Å². The SMILES string of the molecule is O=C(Nc1ccc(N2CCCC2=O)cc1)c1ccc(CS(=O)(=O)N2CCCC2)cc1. The molecule has 0 saturated carbocycles. The lowest BCUT2D eigenvalue weighted by Crippen LogP contribution is -2.29. The lowest BCUT2D eigenvalue weighted by Gasteiger charge is -2.16. The van der Waals surface area contributed by atoms with Crippen molar-refractivity contribution in [1.29, 1.82) is 0 Å². The normalized spacial score (nSPS) is 17.5. The van der Waals surface area contributed by atoms with E-state index in [1.807, 2.05) is 12.1 Å². The van der Waals surface area contributed by atoms with E-state index in [-0.39, 0.29) is 17.6 Å². The van der Waals surface area contributed by atoms with Crippen LogP contribution in [0.5, 0.6) is 0 Å². The fourth-order valence-electron chi connectivity index (χ4n) is 3.87. The summed E-state index contributed by atoms with van der Waals surface area (Å²) in [5.74, 6) is -0.196. The highest BCUT2D eigenvalue weighted by Gasteiger charge is 2.25. The van der Waals surface area contributed by atoms with Crippen LogP contribution in [-0.2, 0) is 20.6 Å². The first-order chi connectivity index (χ1) is 14.4. The van der Waals surface area contributed by atoms with Crippen LogP contribution >= 0.6 is 0 Å². The topological polar surface area (TPSA) is 86.8 Å². The minimum atomic E-state index is -3.31. The number of anilines is 2. The molecule has 0 aliphatic carbocycles. The molecule has 1 N–H and O–H groups in total. The van der Waals surface area contributed by atoms with Gasteiger partial charge in [-0.05, 0) is 61.2 Å². The fourth-order valence-corrected chi connectivity index (χ4v) is 5.48. The van der Waals surface area contributed by atoms with E-state index in [9.17, 15) is 18.0 Å². The van der Waals surface area contributed by atoms with Crippen molar-refractivity contribution in [2.45, 2.75) is 31.4 Å². The third-order valence-corrected chi connectivity index (χ3v) is 7.38. The van der Waals surface area contributed by atoms with Crippen LogP contribution in [0.4, 0.5) is 11.4 Å². The van der Waals surface area contributed by atoms with Crippen molar-refractivity contribution in [3.05, 3.63) is 59.7 Å². The Balaban J connectivity index is 1.37. The van der Waals surface area contributed by atoms with E-state index in [1.165, 1.54) is 4.31 Å². The van der Waals surface area contributed by atoms with Crippen LogP contribution in [0.1, 0.15) is 41.6 Å². The van der Waals surface area contributed by atoms with Gasteiger partial charge in [-0.1, -0.05) is 12.1 Å². The molecule has 2 aliphatic rings. The first kappa shape index (κ1) is 20.6. The van der Waals surface area contributed by atoms with Gasteiger partial charge in [0.25, 0.3) is 5.91 Å². The Bertz CT molecular complexity index is 1030. The number of amides is 2. The zero-order valence-corrected chi connectivity index (χ0v) is 17.5. The Morgan fingerprint density at radius 1 is 0.900 bits per heavy atom. The largest absolute Gasteiger partial charge is 0.322 e. The molecular weight excluding hydrogens is 402 g/mol. The number of hydrogen-bond acceptors (Lipinski definition) is 4. The van der Waals surface area contributed by atoms with E-state index in [2.05, 4.69) is 5.32 Å². The Morgan fingerprint density at radius 2 is 1.57 bits per heavy atom. The summed E-state index contributed by atoms with van der Waals surface area (Å²) in [6.07, 6.45) is 3.27. The Kier molecular flexibility index (Phi) is 5.87. The zero-order chi connectivity index (χ0) is 21.1. The molecule has 0 atom stereocenters. The molecule has 7 nitrogen and oxygen atoms in total. The third-order valence-electron chi connectivity index (χ3n) is 5.53. The highest BCUT2D eigenvalue weighted by molar-refractivity contribution is 7.88. The summed E-state index contributed by atoms with van der Waals surface area (Å²) in [7, 11) is -3.31. The molecular formula is C22H25N3O4S. The molecule has 2 saturated heterocycles. The van der Waals surface area contributed by atoms with Gasteiger partial charge in [0.15, 0.2) is 0 Å². The molecule has 8 heteroatoms. The minimum Gasteiger partial charge on any atom is -0.322 e. The van der Waals surface area contributed by atoms with Crippen molar-refractivity contribution >= 4 is 33.2 Å². The van der Waals surface area contributed by atoms with Gasteiger partial charge in [0.05, 0.1) is 5.75 Å². The number of nitrogens with zero attached hydrogens (tertiary/aromatic N) is 2. The maximum Gasteiger partial charge on any atom is 0.255 e. The van der Waals surface area contributed by atoms with Crippen LogP contribution in [0.3, 0.4) is 0 Å². The number of hydrogen-bond donors (Lipinski definition) is 1. The first-order valence-corrected chi connectivity index (χ1v) is 11.8. The van der Waals surface area contributed by atoms with Crippen LogP contribution in [0, 0.1) is 0 Å². The molecule has 2 amide bonds. The highest BCUT2D eigenvalue weighted by Crippen LogP contribution is 2.23. The lowest BCUT2D eigenvalue weighted by molar-refractivity contribution is -0.117. The summed E-state index contributed by atoms with van der Waals surface area (Å²) < 4.78 is 26.4. The van der Waals surface area contributed by atoms with E-state index in [0.717, 1.165) is 31.5 Å². The summed E-state index contributed by atoms with van der Waals surface area (Å²) in [6, 6.07) is 13.8. The first-order valence-electron chi connectivity index (χ1n) is 10.2. The van der Waals surface area contributed by atoms with E-state index in [0.29, 0.717) is 36.3 Å². The highest BCUT2D eigenvalue weighted by atomic mass is 32.2. The summed E-state index contributed by atoms with van der Waals surface area (Å²) in [5, 5.41) is 2.83. The molecule has 158 valence electrons. The molecule has 2 aliphatic heterocycles. The number of sulfonamides is 1. The molecule has 2 aromatic carbocycles. The average molecular weight is 428 g/mol. The monoisotopic (exact) mass is 427 g/mol. The van der Waals surface area contributed by atoms with Crippen molar-refractivity contribution in [3.63, 3.8) is 0 Å². The van der Waals surface area contributed by atoms with Gasteiger partial charge in [-0.2, -0.15) is 0 Å². The zero-order valence-electron chi connectivity index (χ0n) is 16.7. The van der Waals surface area contributed by atoms with Crippen molar-refractivity contribution < 1.29 is 18.0 Å². The van der Waals surface area contributed by atoms with Crippen molar-refractivity contribution in [2.75, 3.05) is 29.9 Å². The second kappa shape index (κ2) is 8.57. The molecule has 2 aromatic rings. The van der Waals surface area contributed by atoms with Gasteiger partial charge in [0, 0.05) is 43.0 Å². The van der Waals surface area contributed by atoms with E-state index in [1.54, 1.807) is 41.3 Å². The average Bonchev–Trinajstić information content (AvgIpc) is 3.41. The summed E-state index contributed by atoms with van der Waals surface area (Å²) in [6.45, 7) is 1.91.